The van der Waals surface area contributed by atoms with Crippen molar-refractivity contribution in [3.63, 3.8) is 0 Å². The Labute approximate surface area is 115 Å². The van der Waals surface area contributed by atoms with Crippen LogP contribution >= 0.6 is 15.9 Å². The first-order chi connectivity index (χ1) is 8.54. The first-order valence-corrected chi connectivity index (χ1v) is 6.50. The molecule has 0 bridgehead atoms. The first-order valence-electron chi connectivity index (χ1n) is 5.71. The van der Waals surface area contributed by atoms with Crippen LogP contribution in [0.15, 0.2) is 16.7 Å². The van der Waals surface area contributed by atoms with Gasteiger partial charge in [-0.15, -0.1) is 5.10 Å². The van der Waals surface area contributed by atoms with E-state index in [0.717, 1.165) is 27.2 Å². The molecule has 2 heterocycles. The van der Waals surface area contributed by atoms with Crippen LogP contribution in [0.5, 0.6) is 0 Å². The molecule has 1 unspecified atom stereocenters. The lowest BCUT2D eigenvalue weighted by molar-refractivity contribution is 0.593. The summed E-state index contributed by atoms with van der Waals surface area (Å²) in [5.41, 5.74) is 4.16. The molecule has 5 nitrogen and oxygen atoms in total. The van der Waals surface area contributed by atoms with Crippen LogP contribution in [0.25, 0.3) is 0 Å². The largest absolute Gasteiger partial charge is 0.308 e. The van der Waals surface area contributed by atoms with Crippen LogP contribution in [0.4, 0.5) is 0 Å². The van der Waals surface area contributed by atoms with E-state index in [4.69, 9.17) is 0 Å². The van der Waals surface area contributed by atoms with Gasteiger partial charge >= 0.3 is 0 Å². The van der Waals surface area contributed by atoms with Gasteiger partial charge in [0.25, 0.3) is 0 Å². The second-order valence-electron chi connectivity index (χ2n) is 4.24. The summed E-state index contributed by atoms with van der Waals surface area (Å²) >= 11 is 3.44. The number of nitrogens with zero attached hydrogens (tertiary/aromatic N) is 4. The number of halogens is 1. The third-order valence-corrected chi connectivity index (χ3v) is 3.53. The van der Waals surface area contributed by atoms with Crippen molar-refractivity contribution in [2.45, 2.75) is 19.9 Å². The minimum atomic E-state index is 0.0208. The standard InChI is InChI=1S/C12H16BrN5/c1-7-5-6-9(8(2)15-7)10(14-3)11-12(13)16-17-18(11)4/h5-6,10,14H,1-4H3. The monoisotopic (exact) mass is 309 g/mol. The average molecular weight is 310 g/mol. The molecule has 6 heteroatoms. The summed E-state index contributed by atoms with van der Waals surface area (Å²) in [6.07, 6.45) is 0. The highest BCUT2D eigenvalue weighted by Gasteiger charge is 2.22. The van der Waals surface area contributed by atoms with Gasteiger partial charge in [-0.25, -0.2) is 4.68 Å². The van der Waals surface area contributed by atoms with Gasteiger partial charge in [-0.3, -0.25) is 4.98 Å². The van der Waals surface area contributed by atoms with Gasteiger partial charge in [0.1, 0.15) is 0 Å². The Kier molecular flexibility index (Phi) is 3.77. The van der Waals surface area contributed by atoms with Crippen molar-refractivity contribution in [3.05, 3.63) is 39.4 Å². The Balaban J connectivity index is 2.52. The summed E-state index contributed by atoms with van der Waals surface area (Å²) in [6, 6.07) is 4.13. The van der Waals surface area contributed by atoms with Crippen molar-refractivity contribution >= 4 is 15.9 Å². The van der Waals surface area contributed by atoms with Gasteiger partial charge in [0.05, 0.1) is 11.7 Å². The summed E-state index contributed by atoms with van der Waals surface area (Å²) in [5.74, 6) is 0. The average Bonchev–Trinajstić information content (AvgIpc) is 2.64. The topological polar surface area (TPSA) is 55.6 Å². The van der Waals surface area contributed by atoms with Gasteiger partial charge in [-0.1, -0.05) is 11.3 Å². The van der Waals surface area contributed by atoms with Crippen LogP contribution < -0.4 is 5.32 Å². The molecular weight excluding hydrogens is 294 g/mol. The van der Waals surface area contributed by atoms with Gasteiger partial charge in [0, 0.05) is 18.4 Å². The predicted octanol–water partition coefficient (Wildman–Crippen LogP) is 1.90. The molecule has 0 aliphatic heterocycles. The molecule has 18 heavy (non-hydrogen) atoms. The molecule has 1 N–H and O–H groups in total. The Morgan fingerprint density at radius 1 is 1.33 bits per heavy atom. The Morgan fingerprint density at radius 3 is 2.56 bits per heavy atom. The second-order valence-corrected chi connectivity index (χ2v) is 4.99. The highest BCUT2D eigenvalue weighted by atomic mass is 79.9. The normalized spacial score (nSPS) is 12.7. The number of hydrogen-bond acceptors (Lipinski definition) is 4. The lowest BCUT2D eigenvalue weighted by Crippen LogP contribution is -2.22. The molecule has 0 aliphatic carbocycles. The number of rotatable bonds is 3. The smallest absolute Gasteiger partial charge is 0.153 e. The number of nitrogens with one attached hydrogen (secondary N) is 1. The van der Waals surface area contributed by atoms with Gasteiger partial charge in [-0.2, -0.15) is 0 Å². The van der Waals surface area contributed by atoms with Crippen LogP contribution in [-0.4, -0.2) is 27.0 Å². The van der Waals surface area contributed by atoms with E-state index in [1.807, 2.05) is 34.0 Å². The number of pyridine rings is 1. The summed E-state index contributed by atoms with van der Waals surface area (Å²) in [5, 5.41) is 11.3. The molecule has 0 aromatic carbocycles. The third-order valence-electron chi connectivity index (χ3n) is 2.97. The van der Waals surface area contributed by atoms with Crippen molar-refractivity contribution < 1.29 is 0 Å². The van der Waals surface area contributed by atoms with E-state index in [-0.39, 0.29) is 6.04 Å². The van der Waals surface area contributed by atoms with Gasteiger partial charge < -0.3 is 5.32 Å². The lowest BCUT2D eigenvalue weighted by Gasteiger charge is -2.18. The molecule has 0 spiro atoms. The summed E-state index contributed by atoms with van der Waals surface area (Å²) in [6.45, 7) is 4.01. The fourth-order valence-electron chi connectivity index (χ4n) is 2.09. The predicted molar refractivity (Wildman–Crippen MR) is 73.3 cm³/mol. The molecule has 1 atom stereocenters. The summed E-state index contributed by atoms with van der Waals surface area (Å²) in [4.78, 5) is 4.51. The molecule has 2 aromatic rings. The molecule has 0 fully saturated rings. The van der Waals surface area contributed by atoms with E-state index in [1.54, 1.807) is 4.68 Å². The quantitative estimate of drug-likeness (QED) is 0.941. The molecular formula is C12H16BrN5. The number of aromatic nitrogens is 4. The fourth-order valence-corrected chi connectivity index (χ4v) is 2.64. The van der Waals surface area contributed by atoms with Crippen molar-refractivity contribution in [3.8, 4) is 0 Å². The zero-order chi connectivity index (χ0) is 13.3. The zero-order valence-electron chi connectivity index (χ0n) is 10.9. The molecule has 96 valence electrons. The van der Waals surface area contributed by atoms with Crippen LogP contribution in [0.3, 0.4) is 0 Å². The minimum absolute atomic E-state index is 0.0208. The Morgan fingerprint density at radius 2 is 2.06 bits per heavy atom. The van der Waals surface area contributed by atoms with Crippen LogP contribution in [0.2, 0.25) is 0 Å². The van der Waals surface area contributed by atoms with Crippen molar-refractivity contribution in [2.24, 2.45) is 7.05 Å². The molecule has 2 rings (SSSR count). The lowest BCUT2D eigenvalue weighted by atomic mass is 10.0. The van der Waals surface area contributed by atoms with Gasteiger partial charge in [0.2, 0.25) is 0 Å². The zero-order valence-corrected chi connectivity index (χ0v) is 12.5. The maximum Gasteiger partial charge on any atom is 0.153 e. The van der Waals surface area contributed by atoms with E-state index < -0.39 is 0 Å². The SMILES string of the molecule is CNC(c1ccc(C)nc1C)c1c(Br)nnn1C. The Bertz CT molecular complexity index is 544. The van der Waals surface area contributed by atoms with E-state index in [9.17, 15) is 0 Å². The van der Waals surface area contributed by atoms with E-state index in [2.05, 4.69) is 42.6 Å². The number of aryl methyl sites for hydroxylation is 3. The fraction of sp³-hybridized carbons (Fsp3) is 0.417. The Hall–Kier alpha value is -1.27. The molecule has 2 aromatic heterocycles. The van der Waals surface area contributed by atoms with Crippen LogP contribution in [0, 0.1) is 13.8 Å². The van der Waals surface area contributed by atoms with Crippen LogP contribution in [0.1, 0.15) is 28.7 Å². The van der Waals surface area contributed by atoms with Crippen molar-refractivity contribution in [1.29, 1.82) is 0 Å². The highest BCUT2D eigenvalue weighted by molar-refractivity contribution is 9.10. The van der Waals surface area contributed by atoms with Crippen molar-refractivity contribution in [1.82, 2.24) is 25.3 Å². The van der Waals surface area contributed by atoms with Crippen LogP contribution in [-0.2, 0) is 7.05 Å². The second kappa shape index (κ2) is 5.16. The molecule has 0 saturated carbocycles. The van der Waals surface area contributed by atoms with Crippen molar-refractivity contribution in [2.75, 3.05) is 7.05 Å². The van der Waals surface area contributed by atoms with E-state index >= 15 is 0 Å². The molecule has 0 aliphatic rings. The maximum absolute atomic E-state index is 4.51. The minimum Gasteiger partial charge on any atom is -0.308 e. The summed E-state index contributed by atoms with van der Waals surface area (Å²) in [7, 11) is 3.80. The molecule has 0 saturated heterocycles. The van der Waals surface area contributed by atoms with E-state index in [1.165, 1.54) is 0 Å². The number of hydrogen-bond donors (Lipinski definition) is 1. The van der Waals surface area contributed by atoms with E-state index in [0.29, 0.717) is 0 Å². The highest BCUT2D eigenvalue weighted by Crippen LogP contribution is 2.27. The summed E-state index contributed by atoms with van der Waals surface area (Å²) < 4.78 is 2.52. The molecule has 0 radical (unpaired) electrons. The van der Waals surface area contributed by atoms with Gasteiger partial charge in [-0.05, 0) is 48.5 Å². The first kappa shape index (κ1) is 13.2. The van der Waals surface area contributed by atoms with Gasteiger partial charge in [0.15, 0.2) is 4.60 Å². The molecule has 0 amide bonds. The maximum atomic E-state index is 4.51. The third kappa shape index (κ3) is 2.30.